The molecular weight excluding hydrogens is 278 g/mol. The summed E-state index contributed by atoms with van der Waals surface area (Å²) in [5.74, 6) is -2.03. The standard InChI is InChI=1S/C12H17N5O4/c1-7-8(3-4-11(20)21)12(16(2)15-7)17(5-9(13)18)6-10(14)19/h3-4H,5-6H2,1-2H3,(H2,13,18)(H2,14,19)(H,20,21). The fraction of sp³-hybridized carbons (Fsp3) is 0.333. The van der Waals surface area contributed by atoms with Gasteiger partial charge in [0.1, 0.15) is 5.82 Å². The third-order valence-electron chi connectivity index (χ3n) is 2.62. The van der Waals surface area contributed by atoms with Crippen LogP contribution in [0.15, 0.2) is 6.08 Å². The first-order valence-electron chi connectivity index (χ1n) is 5.98. The number of carboxylic acid groups (broad SMARTS) is 1. The zero-order valence-electron chi connectivity index (χ0n) is 11.7. The molecule has 5 N–H and O–H groups in total. The molecule has 0 spiro atoms. The molecule has 1 aromatic rings. The van der Waals surface area contributed by atoms with Crippen molar-refractivity contribution in [3.8, 4) is 0 Å². The molecule has 1 heterocycles. The number of aliphatic carboxylic acids is 1. The van der Waals surface area contributed by atoms with Crippen LogP contribution in [-0.2, 0) is 21.4 Å². The van der Waals surface area contributed by atoms with E-state index in [-0.39, 0.29) is 13.1 Å². The molecule has 21 heavy (non-hydrogen) atoms. The third-order valence-corrected chi connectivity index (χ3v) is 2.62. The van der Waals surface area contributed by atoms with E-state index in [4.69, 9.17) is 16.6 Å². The maximum absolute atomic E-state index is 11.1. The lowest BCUT2D eigenvalue weighted by Gasteiger charge is -2.22. The summed E-state index contributed by atoms with van der Waals surface area (Å²) >= 11 is 0. The lowest BCUT2D eigenvalue weighted by atomic mass is 10.2. The molecule has 9 nitrogen and oxygen atoms in total. The molecule has 0 saturated carbocycles. The van der Waals surface area contributed by atoms with Gasteiger partial charge in [0.25, 0.3) is 0 Å². The predicted octanol–water partition coefficient (Wildman–Crippen LogP) is -1.40. The first-order valence-corrected chi connectivity index (χ1v) is 5.98. The van der Waals surface area contributed by atoms with Gasteiger partial charge in [0.05, 0.1) is 18.8 Å². The molecule has 0 bridgehead atoms. The van der Waals surface area contributed by atoms with Crippen molar-refractivity contribution in [3.63, 3.8) is 0 Å². The first-order chi connectivity index (χ1) is 9.72. The average Bonchev–Trinajstić information content (AvgIpc) is 2.58. The Bertz CT molecular complexity index is 589. The van der Waals surface area contributed by atoms with Crippen molar-refractivity contribution in [2.45, 2.75) is 6.92 Å². The topological polar surface area (TPSA) is 145 Å². The van der Waals surface area contributed by atoms with Crippen molar-refractivity contribution in [3.05, 3.63) is 17.3 Å². The summed E-state index contributed by atoms with van der Waals surface area (Å²) in [4.78, 5) is 34.3. The van der Waals surface area contributed by atoms with E-state index in [1.807, 2.05) is 0 Å². The molecule has 0 aromatic carbocycles. The van der Waals surface area contributed by atoms with Crippen LogP contribution >= 0.6 is 0 Å². The minimum atomic E-state index is -1.12. The third kappa shape index (κ3) is 4.34. The van der Waals surface area contributed by atoms with E-state index in [0.29, 0.717) is 17.1 Å². The number of amides is 2. The summed E-state index contributed by atoms with van der Waals surface area (Å²) in [5, 5.41) is 12.9. The minimum Gasteiger partial charge on any atom is -0.478 e. The number of primary amides is 2. The van der Waals surface area contributed by atoms with Crippen molar-refractivity contribution in [2.75, 3.05) is 18.0 Å². The molecule has 0 radical (unpaired) electrons. The number of carbonyl (C=O) groups excluding carboxylic acids is 2. The first kappa shape index (κ1) is 16.2. The van der Waals surface area contributed by atoms with Crippen LogP contribution in [-0.4, -0.2) is 45.8 Å². The fourth-order valence-electron chi connectivity index (χ4n) is 1.97. The molecule has 0 unspecified atom stereocenters. The lowest BCUT2D eigenvalue weighted by Crippen LogP contribution is -2.41. The Kier molecular flexibility index (Phi) is 5.06. The Balaban J connectivity index is 3.31. The summed E-state index contributed by atoms with van der Waals surface area (Å²) in [6, 6.07) is 0. The monoisotopic (exact) mass is 295 g/mol. The van der Waals surface area contributed by atoms with Gasteiger partial charge in [0.15, 0.2) is 0 Å². The molecule has 0 fully saturated rings. The van der Waals surface area contributed by atoms with Crippen LogP contribution in [0.2, 0.25) is 0 Å². The molecule has 0 aliphatic heterocycles. The van der Waals surface area contributed by atoms with Crippen LogP contribution in [0.4, 0.5) is 5.82 Å². The van der Waals surface area contributed by atoms with Crippen LogP contribution in [0.1, 0.15) is 11.3 Å². The SMILES string of the molecule is Cc1nn(C)c(N(CC(N)=O)CC(N)=O)c1C=CC(=O)O. The van der Waals surface area contributed by atoms with E-state index in [2.05, 4.69) is 5.10 Å². The second-order valence-electron chi connectivity index (χ2n) is 4.41. The molecule has 0 saturated heterocycles. The van der Waals surface area contributed by atoms with Crippen LogP contribution in [0.3, 0.4) is 0 Å². The van der Waals surface area contributed by atoms with Gasteiger partial charge in [0.2, 0.25) is 11.8 Å². The average molecular weight is 295 g/mol. The zero-order valence-corrected chi connectivity index (χ0v) is 11.7. The van der Waals surface area contributed by atoms with Gasteiger partial charge in [-0.25, -0.2) is 4.79 Å². The van der Waals surface area contributed by atoms with Crippen LogP contribution in [0.5, 0.6) is 0 Å². The zero-order chi connectivity index (χ0) is 16.2. The second kappa shape index (κ2) is 6.55. The van der Waals surface area contributed by atoms with E-state index < -0.39 is 17.8 Å². The van der Waals surface area contributed by atoms with Gasteiger partial charge in [-0.3, -0.25) is 14.3 Å². The van der Waals surface area contributed by atoms with E-state index in [1.165, 1.54) is 15.7 Å². The van der Waals surface area contributed by atoms with Gasteiger partial charge >= 0.3 is 5.97 Å². The minimum absolute atomic E-state index is 0.240. The number of carbonyl (C=O) groups is 3. The Morgan fingerprint density at radius 1 is 1.29 bits per heavy atom. The lowest BCUT2D eigenvalue weighted by molar-refractivity contribution is -0.131. The van der Waals surface area contributed by atoms with Crippen molar-refractivity contribution in [1.29, 1.82) is 0 Å². The number of anilines is 1. The molecule has 2 amide bonds. The highest BCUT2D eigenvalue weighted by molar-refractivity contribution is 5.89. The molecule has 1 aromatic heterocycles. The maximum Gasteiger partial charge on any atom is 0.328 e. The maximum atomic E-state index is 11.1. The number of carboxylic acids is 1. The highest BCUT2D eigenvalue weighted by Crippen LogP contribution is 2.24. The number of aromatic nitrogens is 2. The van der Waals surface area contributed by atoms with E-state index in [1.54, 1.807) is 14.0 Å². The number of rotatable bonds is 7. The van der Waals surface area contributed by atoms with Gasteiger partial charge in [-0.15, -0.1) is 0 Å². The van der Waals surface area contributed by atoms with Crippen LogP contribution in [0, 0.1) is 6.92 Å². The number of nitrogens with two attached hydrogens (primary N) is 2. The molecular formula is C12H17N5O4. The fourth-order valence-corrected chi connectivity index (χ4v) is 1.97. The number of hydrogen-bond donors (Lipinski definition) is 3. The number of aryl methyl sites for hydroxylation is 2. The van der Waals surface area contributed by atoms with Crippen molar-refractivity contribution in [1.82, 2.24) is 9.78 Å². The normalized spacial score (nSPS) is 10.8. The Morgan fingerprint density at radius 3 is 2.24 bits per heavy atom. The highest BCUT2D eigenvalue weighted by atomic mass is 16.4. The number of hydrogen-bond acceptors (Lipinski definition) is 5. The largest absolute Gasteiger partial charge is 0.478 e. The number of nitrogens with zero attached hydrogens (tertiary/aromatic N) is 3. The summed E-state index contributed by atoms with van der Waals surface area (Å²) in [6.45, 7) is 1.20. The van der Waals surface area contributed by atoms with Gasteiger partial charge in [-0.2, -0.15) is 5.10 Å². The van der Waals surface area contributed by atoms with Gasteiger partial charge < -0.3 is 21.5 Å². The molecule has 1 rings (SSSR count). The Hall–Kier alpha value is -2.84. The van der Waals surface area contributed by atoms with Crippen molar-refractivity contribution >= 4 is 29.7 Å². The second-order valence-corrected chi connectivity index (χ2v) is 4.41. The summed E-state index contributed by atoms with van der Waals surface area (Å²) in [6.07, 6.45) is 2.29. The van der Waals surface area contributed by atoms with Crippen LogP contribution < -0.4 is 16.4 Å². The van der Waals surface area contributed by atoms with Gasteiger partial charge in [0, 0.05) is 18.7 Å². The summed E-state index contributed by atoms with van der Waals surface area (Å²) in [7, 11) is 1.61. The van der Waals surface area contributed by atoms with E-state index in [0.717, 1.165) is 6.08 Å². The Morgan fingerprint density at radius 2 is 1.81 bits per heavy atom. The van der Waals surface area contributed by atoms with Crippen molar-refractivity contribution in [2.24, 2.45) is 18.5 Å². The van der Waals surface area contributed by atoms with Crippen molar-refractivity contribution < 1.29 is 19.5 Å². The summed E-state index contributed by atoms with van der Waals surface area (Å²) in [5.41, 5.74) is 11.3. The molecule has 114 valence electrons. The smallest absolute Gasteiger partial charge is 0.328 e. The molecule has 9 heteroatoms. The quantitative estimate of drug-likeness (QED) is 0.528. The van der Waals surface area contributed by atoms with Gasteiger partial charge in [-0.1, -0.05) is 0 Å². The van der Waals surface area contributed by atoms with E-state index >= 15 is 0 Å². The predicted molar refractivity (Wildman–Crippen MR) is 75.2 cm³/mol. The van der Waals surface area contributed by atoms with Crippen LogP contribution in [0.25, 0.3) is 6.08 Å². The molecule has 0 aliphatic carbocycles. The van der Waals surface area contributed by atoms with Gasteiger partial charge in [-0.05, 0) is 13.0 Å². The van der Waals surface area contributed by atoms with E-state index in [9.17, 15) is 14.4 Å². The molecule has 0 atom stereocenters. The Labute approximate surface area is 120 Å². The summed E-state index contributed by atoms with van der Waals surface area (Å²) < 4.78 is 1.43. The molecule has 0 aliphatic rings. The highest BCUT2D eigenvalue weighted by Gasteiger charge is 2.21.